The number of aromatic nitrogens is 4. The highest BCUT2D eigenvalue weighted by Crippen LogP contribution is 2.08. The standard InChI is InChI=1S/C8H11N5/c1-5-3-7-11-12-8(6(2)9)13(7)4-10-5/h3-4,6H,9H2,1-2H3. The fraction of sp³-hybridized carbons (Fsp3) is 0.375. The molecule has 0 aliphatic carbocycles. The van der Waals surface area contributed by atoms with E-state index >= 15 is 0 Å². The van der Waals surface area contributed by atoms with E-state index in [0.29, 0.717) is 0 Å². The maximum absolute atomic E-state index is 5.71. The second-order valence-corrected chi connectivity index (χ2v) is 3.11. The van der Waals surface area contributed by atoms with Crippen molar-refractivity contribution >= 4 is 5.65 Å². The normalized spacial score (nSPS) is 13.5. The molecule has 0 aromatic carbocycles. The lowest BCUT2D eigenvalue weighted by Crippen LogP contribution is -2.09. The summed E-state index contributed by atoms with van der Waals surface area (Å²) in [5, 5.41) is 7.98. The van der Waals surface area contributed by atoms with Gasteiger partial charge in [-0.15, -0.1) is 10.2 Å². The molecule has 0 saturated heterocycles. The summed E-state index contributed by atoms with van der Waals surface area (Å²) < 4.78 is 1.80. The first kappa shape index (κ1) is 8.12. The van der Waals surface area contributed by atoms with E-state index in [9.17, 15) is 0 Å². The molecule has 2 heterocycles. The summed E-state index contributed by atoms with van der Waals surface area (Å²) >= 11 is 0. The maximum Gasteiger partial charge on any atom is 0.163 e. The summed E-state index contributed by atoms with van der Waals surface area (Å²) in [5.74, 6) is 0.738. The van der Waals surface area contributed by atoms with Crippen LogP contribution in [0.5, 0.6) is 0 Å². The summed E-state index contributed by atoms with van der Waals surface area (Å²) in [7, 11) is 0. The van der Waals surface area contributed by atoms with Gasteiger partial charge < -0.3 is 5.73 Å². The maximum atomic E-state index is 5.71. The van der Waals surface area contributed by atoms with Crippen LogP contribution in [-0.4, -0.2) is 19.6 Å². The van der Waals surface area contributed by atoms with Crippen LogP contribution in [0, 0.1) is 6.92 Å². The number of aryl methyl sites for hydroxylation is 1. The van der Waals surface area contributed by atoms with E-state index in [-0.39, 0.29) is 6.04 Å². The smallest absolute Gasteiger partial charge is 0.163 e. The molecule has 0 bridgehead atoms. The van der Waals surface area contributed by atoms with Crippen LogP contribution in [0.4, 0.5) is 0 Å². The quantitative estimate of drug-likeness (QED) is 0.686. The molecule has 0 aliphatic heterocycles. The Morgan fingerprint density at radius 3 is 2.92 bits per heavy atom. The van der Waals surface area contributed by atoms with Gasteiger partial charge in [0.2, 0.25) is 0 Å². The SMILES string of the molecule is Cc1cc2nnc(C(C)N)n2cn1. The second kappa shape index (κ2) is 2.77. The number of hydrogen-bond donors (Lipinski definition) is 1. The predicted molar refractivity (Wildman–Crippen MR) is 48.1 cm³/mol. The third-order valence-corrected chi connectivity index (χ3v) is 1.87. The van der Waals surface area contributed by atoms with E-state index in [1.165, 1.54) is 0 Å². The predicted octanol–water partition coefficient (Wildman–Crippen LogP) is 0.452. The molecule has 2 aromatic rings. The van der Waals surface area contributed by atoms with E-state index in [0.717, 1.165) is 17.2 Å². The highest BCUT2D eigenvalue weighted by atomic mass is 15.3. The zero-order valence-corrected chi connectivity index (χ0v) is 7.60. The first-order valence-corrected chi connectivity index (χ1v) is 4.11. The summed E-state index contributed by atoms with van der Waals surface area (Å²) in [5.41, 5.74) is 7.43. The summed E-state index contributed by atoms with van der Waals surface area (Å²) in [6.45, 7) is 3.79. The van der Waals surface area contributed by atoms with Gasteiger partial charge in [-0.1, -0.05) is 0 Å². The van der Waals surface area contributed by atoms with Crippen LogP contribution in [0.15, 0.2) is 12.4 Å². The zero-order chi connectivity index (χ0) is 9.42. The Labute approximate surface area is 75.6 Å². The van der Waals surface area contributed by atoms with Crippen molar-refractivity contribution in [3.8, 4) is 0 Å². The Bertz CT molecular complexity index is 431. The van der Waals surface area contributed by atoms with Crippen LogP contribution in [0.3, 0.4) is 0 Å². The van der Waals surface area contributed by atoms with Crippen molar-refractivity contribution in [1.82, 2.24) is 19.6 Å². The molecule has 2 aromatic heterocycles. The lowest BCUT2D eigenvalue weighted by molar-refractivity contribution is 0.722. The van der Waals surface area contributed by atoms with Gasteiger partial charge >= 0.3 is 0 Å². The van der Waals surface area contributed by atoms with Crippen molar-refractivity contribution in [2.75, 3.05) is 0 Å². The Morgan fingerprint density at radius 1 is 1.46 bits per heavy atom. The number of fused-ring (bicyclic) bond motifs is 1. The Morgan fingerprint density at radius 2 is 2.23 bits per heavy atom. The molecule has 2 N–H and O–H groups in total. The monoisotopic (exact) mass is 177 g/mol. The molecule has 13 heavy (non-hydrogen) atoms. The topological polar surface area (TPSA) is 69.1 Å². The molecule has 0 saturated carbocycles. The Kier molecular flexibility index (Phi) is 1.73. The van der Waals surface area contributed by atoms with Gasteiger partial charge in [-0.3, -0.25) is 4.40 Å². The van der Waals surface area contributed by atoms with E-state index in [1.807, 2.05) is 19.9 Å². The van der Waals surface area contributed by atoms with E-state index in [1.54, 1.807) is 10.7 Å². The summed E-state index contributed by atoms with van der Waals surface area (Å²) in [6.07, 6.45) is 1.70. The third-order valence-electron chi connectivity index (χ3n) is 1.87. The van der Waals surface area contributed by atoms with Crippen molar-refractivity contribution in [1.29, 1.82) is 0 Å². The molecular formula is C8H11N5. The van der Waals surface area contributed by atoms with E-state index < -0.39 is 0 Å². The number of rotatable bonds is 1. The molecule has 0 amide bonds. The number of hydrogen-bond acceptors (Lipinski definition) is 4. The minimum atomic E-state index is -0.125. The fourth-order valence-corrected chi connectivity index (χ4v) is 1.22. The number of nitrogens with zero attached hydrogens (tertiary/aromatic N) is 4. The first-order chi connectivity index (χ1) is 6.18. The van der Waals surface area contributed by atoms with Crippen molar-refractivity contribution in [2.24, 2.45) is 5.73 Å². The molecule has 1 unspecified atom stereocenters. The van der Waals surface area contributed by atoms with Crippen LogP contribution in [-0.2, 0) is 0 Å². The van der Waals surface area contributed by atoms with E-state index in [2.05, 4.69) is 15.2 Å². The van der Waals surface area contributed by atoms with Gasteiger partial charge in [0.25, 0.3) is 0 Å². The van der Waals surface area contributed by atoms with Gasteiger partial charge in [-0.05, 0) is 13.8 Å². The van der Waals surface area contributed by atoms with Gasteiger partial charge in [-0.25, -0.2) is 4.98 Å². The van der Waals surface area contributed by atoms with E-state index in [4.69, 9.17) is 5.73 Å². The lowest BCUT2D eigenvalue weighted by Gasteiger charge is -2.01. The van der Waals surface area contributed by atoms with Crippen LogP contribution in [0.1, 0.15) is 24.5 Å². The van der Waals surface area contributed by atoms with Crippen molar-refractivity contribution < 1.29 is 0 Å². The molecular weight excluding hydrogens is 166 g/mol. The summed E-state index contributed by atoms with van der Waals surface area (Å²) in [4.78, 5) is 4.15. The minimum absolute atomic E-state index is 0.125. The second-order valence-electron chi connectivity index (χ2n) is 3.11. The Balaban J connectivity index is 2.69. The molecule has 0 aliphatic rings. The molecule has 5 nitrogen and oxygen atoms in total. The van der Waals surface area contributed by atoms with Gasteiger partial charge in [0.05, 0.1) is 6.04 Å². The highest BCUT2D eigenvalue weighted by molar-refractivity contribution is 5.38. The molecule has 0 radical (unpaired) electrons. The molecule has 68 valence electrons. The molecule has 1 atom stereocenters. The van der Waals surface area contributed by atoms with Crippen molar-refractivity contribution in [2.45, 2.75) is 19.9 Å². The number of nitrogens with two attached hydrogens (primary N) is 1. The van der Waals surface area contributed by atoms with Crippen LogP contribution in [0.2, 0.25) is 0 Å². The van der Waals surface area contributed by atoms with Crippen molar-refractivity contribution in [3.05, 3.63) is 23.9 Å². The first-order valence-electron chi connectivity index (χ1n) is 4.11. The highest BCUT2D eigenvalue weighted by Gasteiger charge is 2.08. The zero-order valence-electron chi connectivity index (χ0n) is 7.60. The van der Waals surface area contributed by atoms with Crippen molar-refractivity contribution in [3.63, 3.8) is 0 Å². The van der Waals surface area contributed by atoms with Crippen LogP contribution < -0.4 is 5.73 Å². The summed E-state index contributed by atoms with van der Waals surface area (Å²) in [6, 6.07) is 1.75. The van der Waals surface area contributed by atoms with Crippen LogP contribution in [0.25, 0.3) is 5.65 Å². The van der Waals surface area contributed by atoms with Gasteiger partial charge in [-0.2, -0.15) is 0 Å². The molecule has 2 rings (SSSR count). The molecule has 0 spiro atoms. The lowest BCUT2D eigenvalue weighted by atomic mass is 10.3. The largest absolute Gasteiger partial charge is 0.322 e. The average Bonchev–Trinajstić information content (AvgIpc) is 2.46. The fourth-order valence-electron chi connectivity index (χ4n) is 1.22. The molecule has 5 heteroatoms. The van der Waals surface area contributed by atoms with Crippen LogP contribution >= 0.6 is 0 Å². The average molecular weight is 177 g/mol. The third kappa shape index (κ3) is 1.27. The minimum Gasteiger partial charge on any atom is -0.322 e. The van der Waals surface area contributed by atoms with Gasteiger partial charge in [0.15, 0.2) is 11.5 Å². The Hall–Kier alpha value is -1.49. The van der Waals surface area contributed by atoms with Gasteiger partial charge in [0, 0.05) is 11.8 Å². The van der Waals surface area contributed by atoms with Gasteiger partial charge in [0.1, 0.15) is 6.33 Å². The molecule has 0 fully saturated rings.